The number of rotatable bonds is 5. The Bertz CT molecular complexity index is 337. The fourth-order valence-corrected chi connectivity index (χ4v) is 2.85. The monoisotopic (exact) mass is 235 g/mol. The third kappa shape index (κ3) is 2.54. The van der Waals surface area contributed by atoms with Gasteiger partial charge in [0, 0.05) is 18.8 Å². The van der Waals surface area contributed by atoms with Crippen molar-refractivity contribution in [3.05, 3.63) is 29.8 Å². The lowest BCUT2D eigenvalue weighted by Gasteiger charge is -2.24. The third-order valence-corrected chi connectivity index (χ3v) is 3.93. The smallest absolute Gasteiger partial charge is 0.0399 e. The Hall–Kier alpha value is -0.630. The van der Waals surface area contributed by atoms with Gasteiger partial charge in [0.2, 0.25) is 0 Å². The van der Waals surface area contributed by atoms with Gasteiger partial charge < -0.3 is 4.90 Å². The molecule has 2 heteroatoms. The highest BCUT2D eigenvalue weighted by Gasteiger charge is 2.20. The van der Waals surface area contributed by atoms with Crippen molar-refractivity contribution in [2.75, 3.05) is 23.7 Å². The van der Waals surface area contributed by atoms with Gasteiger partial charge >= 0.3 is 0 Å². The highest BCUT2D eigenvalue weighted by atomic mass is 32.1. The molecule has 2 rings (SSSR count). The summed E-state index contributed by atoms with van der Waals surface area (Å²) in [5.41, 5.74) is 2.96. The van der Waals surface area contributed by atoms with Gasteiger partial charge in [-0.2, -0.15) is 12.6 Å². The molecule has 1 aliphatic rings. The molecule has 0 saturated heterocycles. The molecule has 88 valence electrons. The molecule has 0 aromatic heterocycles. The van der Waals surface area contributed by atoms with Crippen LogP contribution in [-0.2, 0) is 6.42 Å². The van der Waals surface area contributed by atoms with Gasteiger partial charge in [0.25, 0.3) is 0 Å². The minimum atomic E-state index is 0.736. The summed E-state index contributed by atoms with van der Waals surface area (Å²) < 4.78 is 0. The molecule has 1 atom stereocenters. The summed E-state index contributed by atoms with van der Waals surface area (Å²) in [6.45, 7) is 4.62. The Labute approximate surface area is 104 Å². The first-order valence-corrected chi connectivity index (χ1v) is 6.92. The Balaban J connectivity index is 2.02. The van der Waals surface area contributed by atoms with Crippen molar-refractivity contribution >= 4 is 18.3 Å². The molecule has 0 aliphatic carbocycles. The summed E-state index contributed by atoms with van der Waals surface area (Å²) in [5, 5.41) is 0. The summed E-state index contributed by atoms with van der Waals surface area (Å²) in [4.78, 5) is 2.53. The molecule has 0 amide bonds. The predicted molar refractivity (Wildman–Crippen MR) is 74.6 cm³/mol. The number of hydrogen-bond donors (Lipinski definition) is 1. The zero-order valence-corrected chi connectivity index (χ0v) is 10.9. The Morgan fingerprint density at radius 2 is 2.19 bits per heavy atom. The highest BCUT2D eigenvalue weighted by molar-refractivity contribution is 7.80. The van der Waals surface area contributed by atoms with Crippen molar-refractivity contribution in [3.63, 3.8) is 0 Å². The molecule has 1 aromatic carbocycles. The lowest BCUT2D eigenvalue weighted by molar-refractivity contribution is 0.526. The lowest BCUT2D eigenvalue weighted by atomic mass is 10.1. The van der Waals surface area contributed by atoms with Crippen LogP contribution in [0.5, 0.6) is 0 Å². The van der Waals surface area contributed by atoms with Crippen LogP contribution in [0.4, 0.5) is 5.69 Å². The molecule has 1 aliphatic heterocycles. The SMILES string of the molecule is CCCC(CS)CN1CCc2ccccc21. The first-order chi connectivity index (χ1) is 7.85. The van der Waals surface area contributed by atoms with E-state index in [-0.39, 0.29) is 0 Å². The van der Waals surface area contributed by atoms with Gasteiger partial charge in [0.05, 0.1) is 0 Å². The minimum Gasteiger partial charge on any atom is -0.371 e. The van der Waals surface area contributed by atoms with Crippen LogP contribution in [0.15, 0.2) is 24.3 Å². The van der Waals surface area contributed by atoms with Gasteiger partial charge in [0.1, 0.15) is 0 Å². The van der Waals surface area contributed by atoms with E-state index in [4.69, 9.17) is 0 Å². The number of nitrogens with zero attached hydrogens (tertiary/aromatic N) is 1. The maximum absolute atomic E-state index is 4.47. The number of para-hydroxylation sites is 1. The summed E-state index contributed by atoms with van der Waals surface area (Å²) in [6, 6.07) is 8.80. The van der Waals surface area contributed by atoms with E-state index in [2.05, 4.69) is 48.7 Å². The second-order valence-corrected chi connectivity index (χ2v) is 5.03. The van der Waals surface area contributed by atoms with Gasteiger partial charge in [-0.15, -0.1) is 0 Å². The second kappa shape index (κ2) is 5.62. The lowest BCUT2D eigenvalue weighted by Crippen LogP contribution is -2.28. The zero-order chi connectivity index (χ0) is 11.4. The molecule has 1 aromatic rings. The average molecular weight is 235 g/mol. The van der Waals surface area contributed by atoms with Crippen LogP contribution in [0.1, 0.15) is 25.3 Å². The van der Waals surface area contributed by atoms with Crippen molar-refractivity contribution in [2.24, 2.45) is 5.92 Å². The molecule has 0 spiro atoms. The van der Waals surface area contributed by atoms with Gasteiger partial charge in [-0.3, -0.25) is 0 Å². The van der Waals surface area contributed by atoms with Crippen LogP contribution in [0, 0.1) is 5.92 Å². The van der Waals surface area contributed by atoms with Crippen molar-refractivity contribution in [1.29, 1.82) is 0 Å². The van der Waals surface area contributed by atoms with Gasteiger partial charge in [-0.25, -0.2) is 0 Å². The van der Waals surface area contributed by atoms with E-state index in [1.165, 1.54) is 43.6 Å². The molecule has 1 nitrogen and oxygen atoms in total. The molecular weight excluding hydrogens is 214 g/mol. The zero-order valence-electron chi connectivity index (χ0n) is 10.0. The molecule has 16 heavy (non-hydrogen) atoms. The van der Waals surface area contributed by atoms with Crippen molar-refractivity contribution in [1.82, 2.24) is 0 Å². The van der Waals surface area contributed by atoms with Crippen molar-refractivity contribution < 1.29 is 0 Å². The molecular formula is C14H21NS. The summed E-state index contributed by atoms with van der Waals surface area (Å²) in [7, 11) is 0. The van der Waals surface area contributed by atoms with Crippen LogP contribution in [0.25, 0.3) is 0 Å². The molecule has 0 saturated carbocycles. The largest absolute Gasteiger partial charge is 0.371 e. The molecule has 0 N–H and O–H groups in total. The predicted octanol–water partition coefficient (Wildman–Crippen LogP) is 3.40. The number of hydrogen-bond acceptors (Lipinski definition) is 2. The van der Waals surface area contributed by atoms with Crippen LogP contribution in [0.3, 0.4) is 0 Å². The van der Waals surface area contributed by atoms with E-state index in [0.717, 1.165) is 11.7 Å². The summed E-state index contributed by atoms with van der Waals surface area (Å²) in [6.07, 6.45) is 3.77. The van der Waals surface area contributed by atoms with E-state index < -0.39 is 0 Å². The van der Waals surface area contributed by atoms with Crippen LogP contribution >= 0.6 is 12.6 Å². The van der Waals surface area contributed by atoms with E-state index in [1.807, 2.05) is 0 Å². The Kier molecular flexibility index (Phi) is 4.16. The molecule has 0 bridgehead atoms. The normalized spacial score (nSPS) is 16.2. The van der Waals surface area contributed by atoms with Crippen molar-refractivity contribution in [2.45, 2.75) is 26.2 Å². The van der Waals surface area contributed by atoms with E-state index >= 15 is 0 Å². The second-order valence-electron chi connectivity index (χ2n) is 4.66. The van der Waals surface area contributed by atoms with Crippen LogP contribution in [-0.4, -0.2) is 18.8 Å². The number of anilines is 1. The van der Waals surface area contributed by atoms with Crippen molar-refractivity contribution in [3.8, 4) is 0 Å². The quantitative estimate of drug-likeness (QED) is 0.766. The molecule has 0 fully saturated rings. The average Bonchev–Trinajstić information content (AvgIpc) is 2.72. The standard InChI is InChI=1S/C14H21NS/c1-2-5-12(11-16)10-15-9-8-13-6-3-4-7-14(13)15/h3-4,6-7,12,16H,2,5,8-11H2,1H3. The van der Waals surface area contributed by atoms with E-state index in [0.29, 0.717) is 0 Å². The maximum Gasteiger partial charge on any atom is 0.0399 e. The summed E-state index contributed by atoms with van der Waals surface area (Å²) in [5.74, 6) is 1.74. The van der Waals surface area contributed by atoms with E-state index in [1.54, 1.807) is 0 Å². The number of fused-ring (bicyclic) bond motifs is 1. The third-order valence-electron chi connectivity index (χ3n) is 3.42. The van der Waals surface area contributed by atoms with E-state index in [9.17, 15) is 0 Å². The topological polar surface area (TPSA) is 3.24 Å². The Morgan fingerprint density at radius 3 is 2.94 bits per heavy atom. The first kappa shape index (κ1) is 11.8. The van der Waals surface area contributed by atoms with Crippen LogP contribution < -0.4 is 4.90 Å². The minimum absolute atomic E-state index is 0.736. The fraction of sp³-hybridized carbons (Fsp3) is 0.571. The van der Waals surface area contributed by atoms with Crippen LogP contribution in [0.2, 0.25) is 0 Å². The van der Waals surface area contributed by atoms with Gasteiger partial charge in [0.15, 0.2) is 0 Å². The van der Waals surface area contributed by atoms with Gasteiger partial charge in [-0.1, -0.05) is 31.5 Å². The first-order valence-electron chi connectivity index (χ1n) is 6.29. The Morgan fingerprint density at radius 1 is 1.38 bits per heavy atom. The molecule has 0 radical (unpaired) electrons. The molecule has 1 heterocycles. The highest BCUT2D eigenvalue weighted by Crippen LogP contribution is 2.28. The number of benzene rings is 1. The number of thiol groups is 1. The summed E-state index contributed by atoms with van der Waals surface area (Å²) >= 11 is 4.47. The fourth-order valence-electron chi connectivity index (χ4n) is 2.56. The maximum atomic E-state index is 4.47. The molecule has 1 unspecified atom stereocenters. The van der Waals surface area contributed by atoms with Gasteiger partial charge in [-0.05, 0) is 36.1 Å².